The highest BCUT2D eigenvalue weighted by molar-refractivity contribution is 5.92. The fourth-order valence-electron chi connectivity index (χ4n) is 2.60. The Morgan fingerprint density at radius 1 is 1.21 bits per heavy atom. The molecule has 2 rings (SSSR count). The van der Waals surface area contributed by atoms with E-state index in [-0.39, 0.29) is 17.9 Å². The number of hydrogen-bond donors (Lipinski definition) is 1. The normalized spacial score (nSPS) is 15.8. The molecule has 0 saturated carbocycles. The van der Waals surface area contributed by atoms with E-state index in [0.29, 0.717) is 37.4 Å². The maximum absolute atomic E-state index is 12.4. The fourth-order valence-corrected chi connectivity index (χ4v) is 2.60. The molecule has 6 nitrogen and oxygen atoms in total. The number of nitrogens with one attached hydrogen (secondary N) is 1. The molecule has 0 spiro atoms. The van der Waals surface area contributed by atoms with Crippen molar-refractivity contribution in [3.8, 4) is 5.75 Å². The zero-order valence-electron chi connectivity index (χ0n) is 14.8. The quantitative estimate of drug-likeness (QED) is 0.921. The van der Waals surface area contributed by atoms with Crippen LogP contribution in [0.4, 0.5) is 10.5 Å². The molecule has 1 heterocycles. The molecule has 0 aromatic heterocycles. The molecule has 1 saturated heterocycles. The number of rotatable bonds is 3. The number of methoxy groups -OCH3 is 1. The van der Waals surface area contributed by atoms with Crippen molar-refractivity contribution in [3.05, 3.63) is 24.3 Å². The zero-order chi connectivity index (χ0) is 17.7. The van der Waals surface area contributed by atoms with Gasteiger partial charge in [0, 0.05) is 30.8 Å². The molecular weight excluding hydrogens is 308 g/mol. The first kappa shape index (κ1) is 18.1. The summed E-state index contributed by atoms with van der Waals surface area (Å²) < 4.78 is 10.5. The van der Waals surface area contributed by atoms with Crippen molar-refractivity contribution >= 4 is 17.7 Å². The summed E-state index contributed by atoms with van der Waals surface area (Å²) in [4.78, 5) is 26.1. The molecule has 0 atom stereocenters. The number of amides is 2. The van der Waals surface area contributed by atoms with Crippen LogP contribution in [0.15, 0.2) is 24.3 Å². The highest BCUT2D eigenvalue weighted by Crippen LogP contribution is 2.22. The van der Waals surface area contributed by atoms with Gasteiger partial charge >= 0.3 is 6.09 Å². The highest BCUT2D eigenvalue weighted by atomic mass is 16.6. The third-order valence-electron chi connectivity index (χ3n) is 3.85. The van der Waals surface area contributed by atoms with Crippen LogP contribution < -0.4 is 10.1 Å². The molecular formula is C18H26N2O4. The smallest absolute Gasteiger partial charge is 0.410 e. The summed E-state index contributed by atoms with van der Waals surface area (Å²) in [5.74, 6) is 0.578. The first-order chi connectivity index (χ1) is 11.3. The lowest BCUT2D eigenvalue weighted by molar-refractivity contribution is -0.121. The van der Waals surface area contributed by atoms with Gasteiger partial charge in [-0.25, -0.2) is 4.79 Å². The molecule has 132 valence electrons. The van der Waals surface area contributed by atoms with Crippen LogP contribution in [-0.2, 0) is 9.53 Å². The lowest BCUT2D eigenvalue weighted by Gasteiger charge is -2.32. The van der Waals surface area contributed by atoms with Gasteiger partial charge in [0.1, 0.15) is 11.4 Å². The molecule has 1 aromatic rings. The standard InChI is InChI=1S/C18H26N2O4/c1-18(2,3)24-17(22)20-10-8-13(9-11-20)16(21)19-14-6-5-7-15(12-14)23-4/h5-7,12-13H,8-11H2,1-4H3,(H,19,21). The van der Waals surface area contributed by atoms with Crippen molar-refractivity contribution in [2.24, 2.45) is 5.92 Å². The van der Waals surface area contributed by atoms with Gasteiger partial charge < -0.3 is 19.7 Å². The molecule has 0 unspecified atom stereocenters. The van der Waals surface area contributed by atoms with E-state index in [9.17, 15) is 9.59 Å². The number of benzene rings is 1. The average molecular weight is 334 g/mol. The number of nitrogens with zero attached hydrogens (tertiary/aromatic N) is 1. The third kappa shape index (κ3) is 5.15. The van der Waals surface area contributed by atoms with Gasteiger partial charge in [0.15, 0.2) is 0 Å². The van der Waals surface area contributed by atoms with E-state index in [1.54, 1.807) is 18.1 Å². The van der Waals surface area contributed by atoms with Gasteiger partial charge in [0.2, 0.25) is 5.91 Å². The van der Waals surface area contributed by atoms with Crippen LogP contribution in [0.5, 0.6) is 5.75 Å². The first-order valence-corrected chi connectivity index (χ1v) is 8.21. The van der Waals surface area contributed by atoms with Crippen LogP contribution in [0.25, 0.3) is 0 Å². The number of likely N-dealkylation sites (tertiary alicyclic amines) is 1. The van der Waals surface area contributed by atoms with Crippen molar-refractivity contribution in [1.29, 1.82) is 0 Å². The second kappa shape index (κ2) is 7.55. The van der Waals surface area contributed by atoms with E-state index in [4.69, 9.17) is 9.47 Å². The molecule has 6 heteroatoms. The minimum atomic E-state index is -0.502. The van der Waals surface area contributed by atoms with Crippen molar-refractivity contribution in [2.75, 3.05) is 25.5 Å². The van der Waals surface area contributed by atoms with Crippen molar-refractivity contribution < 1.29 is 19.1 Å². The summed E-state index contributed by atoms with van der Waals surface area (Å²) in [5, 5.41) is 2.92. The number of piperidine rings is 1. The predicted octanol–water partition coefficient (Wildman–Crippen LogP) is 3.28. The highest BCUT2D eigenvalue weighted by Gasteiger charge is 2.29. The number of anilines is 1. The van der Waals surface area contributed by atoms with Crippen LogP contribution >= 0.6 is 0 Å². The minimum Gasteiger partial charge on any atom is -0.497 e. The summed E-state index contributed by atoms with van der Waals surface area (Å²) in [7, 11) is 1.59. The molecule has 0 aliphatic carbocycles. The molecule has 1 aliphatic heterocycles. The second-order valence-corrected chi connectivity index (χ2v) is 6.96. The Labute approximate surface area is 143 Å². The molecule has 0 bridgehead atoms. The maximum atomic E-state index is 12.4. The molecule has 0 radical (unpaired) electrons. The Bertz CT molecular complexity index is 587. The van der Waals surface area contributed by atoms with Crippen LogP contribution in [0.1, 0.15) is 33.6 Å². The summed E-state index contributed by atoms with van der Waals surface area (Å²) in [6, 6.07) is 7.28. The van der Waals surface area contributed by atoms with Gasteiger partial charge in [0.25, 0.3) is 0 Å². The third-order valence-corrected chi connectivity index (χ3v) is 3.85. The molecule has 1 aromatic carbocycles. The Kier molecular flexibility index (Phi) is 5.70. The lowest BCUT2D eigenvalue weighted by Crippen LogP contribution is -2.43. The van der Waals surface area contributed by atoms with E-state index in [0.717, 1.165) is 0 Å². The minimum absolute atomic E-state index is 0.0212. The lowest BCUT2D eigenvalue weighted by atomic mass is 9.96. The van der Waals surface area contributed by atoms with Gasteiger partial charge in [-0.1, -0.05) is 6.07 Å². The second-order valence-electron chi connectivity index (χ2n) is 6.96. The number of carbonyl (C=O) groups is 2. The van der Waals surface area contributed by atoms with E-state index in [2.05, 4.69) is 5.32 Å². The Balaban J connectivity index is 1.85. The Morgan fingerprint density at radius 3 is 2.46 bits per heavy atom. The van der Waals surface area contributed by atoms with Crippen molar-refractivity contribution in [3.63, 3.8) is 0 Å². The van der Waals surface area contributed by atoms with Crippen LogP contribution in [0, 0.1) is 5.92 Å². The molecule has 1 aliphatic rings. The van der Waals surface area contributed by atoms with Gasteiger partial charge in [-0.05, 0) is 45.7 Å². The SMILES string of the molecule is COc1cccc(NC(=O)C2CCN(C(=O)OC(C)(C)C)CC2)c1. The molecule has 1 N–H and O–H groups in total. The molecule has 2 amide bonds. The summed E-state index contributed by atoms with van der Waals surface area (Å²) in [6.07, 6.45) is 0.957. The predicted molar refractivity (Wildman–Crippen MR) is 92.2 cm³/mol. The van der Waals surface area contributed by atoms with E-state index < -0.39 is 5.60 Å². The van der Waals surface area contributed by atoms with E-state index >= 15 is 0 Å². The van der Waals surface area contributed by atoms with Crippen LogP contribution in [0.3, 0.4) is 0 Å². The van der Waals surface area contributed by atoms with Crippen molar-refractivity contribution in [2.45, 2.75) is 39.2 Å². The van der Waals surface area contributed by atoms with Gasteiger partial charge in [-0.3, -0.25) is 4.79 Å². The molecule has 24 heavy (non-hydrogen) atoms. The first-order valence-electron chi connectivity index (χ1n) is 8.21. The zero-order valence-corrected chi connectivity index (χ0v) is 14.8. The summed E-state index contributed by atoms with van der Waals surface area (Å²) >= 11 is 0. The van der Waals surface area contributed by atoms with Gasteiger partial charge in [-0.15, -0.1) is 0 Å². The monoisotopic (exact) mass is 334 g/mol. The topological polar surface area (TPSA) is 67.9 Å². The van der Waals surface area contributed by atoms with Gasteiger partial charge in [-0.2, -0.15) is 0 Å². The van der Waals surface area contributed by atoms with Crippen LogP contribution in [-0.4, -0.2) is 42.7 Å². The van der Waals surface area contributed by atoms with E-state index in [1.807, 2.05) is 39.0 Å². The Morgan fingerprint density at radius 2 is 1.88 bits per heavy atom. The van der Waals surface area contributed by atoms with E-state index in [1.165, 1.54) is 0 Å². The number of hydrogen-bond acceptors (Lipinski definition) is 4. The Hall–Kier alpha value is -2.24. The maximum Gasteiger partial charge on any atom is 0.410 e. The number of carbonyl (C=O) groups excluding carboxylic acids is 2. The van der Waals surface area contributed by atoms with Crippen molar-refractivity contribution in [1.82, 2.24) is 4.90 Å². The number of ether oxygens (including phenoxy) is 2. The largest absolute Gasteiger partial charge is 0.497 e. The van der Waals surface area contributed by atoms with Crippen LogP contribution in [0.2, 0.25) is 0 Å². The average Bonchev–Trinajstić information content (AvgIpc) is 2.53. The molecule has 1 fully saturated rings. The summed E-state index contributed by atoms with van der Waals surface area (Å²) in [5.41, 5.74) is 0.214. The fraction of sp³-hybridized carbons (Fsp3) is 0.556. The van der Waals surface area contributed by atoms with Gasteiger partial charge in [0.05, 0.1) is 7.11 Å². The summed E-state index contributed by atoms with van der Waals surface area (Å²) in [6.45, 7) is 6.61.